The van der Waals surface area contributed by atoms with Crippen LogP contribution in [0.1, 0.15) is 24.1 Å². The summed E-state index contributed by atoms with van der Waals surface area (Å²) in [4.78, 5) is 10.9. The molecule has 0 N–H and O–H groups in total. The van der Waals surface area contributed by atoms with E-state index in [1.807, 2.05) is 19.1 Å². The minimum Gasteiger partial charge on any atom is -0.476 e. The van der Waals surface area contributed by atoms with E-state index in [0.717, 1.165) is 37.4 Å². The average molecular weight is 343 g/mol. The molecular weight excluding hydrogens is 324 g/mol. The van der Waals surface area contributed by atoms with Crippen molar-refractivity contribution in [3.63, 3.8) is 0 Å². The van der Waals surface area contributed by atoms with E-state index >= 15 is 0 Å². The Bertz CT molecular complexity index is 751. The van der Waals surface area contributed by atoms with Crippen molar-refractivity contribution in [1.29, 1.82) is 5.26 Å². The number of halogens is 1. The van der Waals surface area contributed by atoms with Crippen molar-refractivity contribution < 1.29 is 4.74 Å². The van der Waals surface area contributed by atoms with E-state index in [4.69, 9.17) is 16.3 Å². The molecule has 0 unspecified atom stereocenters. The number of nitrogens with zero attached hydrogens (tertiary/aromatic N) is 4. The Labute approximate surface area is 146 Å². The number of aryl methyl sites for hydroxylation is 1. The van der Waals surface area contributed by atoms with Gasteiger partial charge in [-0.05, 0) is 49.9 Å². The molecule has 6 heteroatoms. The summed E-state index contributed by atoms with van der Waals surface area (Å²) in [6.45, 7) is 4.29. The lowest BCUT2D eigenvalue weighted by Crippen LogP contribution is -2.36. The number of nitriles is 1. The molecule has 1 aliphatic rings. The van der Waals surface area contributed by atoms with Gasteiger partial charge in [-0.3, -0.25) is 0 Å². The minimum atomic E-state index is 0.453. The monoisotopic (exact) mass is 342 g/mol. The van der Waals surface area contributed by atoms with Crippen LogP contribution in [-0.2, 0) is 0 Å². The van der Waals surface area contributed by atoms with Gasteiger partial charge >= 0.3 is 0 Å². The molecule has 0 aromatic carbocycles. The fraction of sp³-hybridized carbons (Fsp3) is 0.389. The summed E-state index contributed by atoms with van der Waals surface area (Å²) < 4.78 is 5.75. The van der Waals surface area contributed by atoms with Crippen LogP contribution in [0.2, 0.25) is 5.02 Å². The van der Waals surface area contributed by atoms with E-state index < -0.39 is 0 Å². The lowest BCUT2D eigenvalue weighted by Gasteiger charge is -2.33. The van der Waals surface area contributed by atoms with Crippen molar-refractivity contribution in [2.24, 2.45) is 5.92 Å². The molecule has 0 bridgehead atoms. The van der Waals surface area contributed by atoms with E-state index in [1.165, 1.54) is 0 Å². The summed E-state index contributed by atoms with van der Waals surface area (Å²) in [7, 11) is 0. The Hall–Kier alpha value is -2.32. The Morgan fingerprint density at radius 2 is 2.12 bits per heavy atom. The highest BCUT2D eigenvalue weighted by Crippen LogP contribution is 2.26. The van der Waals surface area contributed by atoms with Crippen LogP contribution in [0.4, 0.5) is 5.82 Å². The molecule has 2 aromatic heterocycles. The van der Waals surface area contributed by atoms with Crippen LogP contribution in [0.3, 0.4) is 0 Å². The highest BCUT2D eigenvalue weighted by atomic mass is 35.5. The third kappa shape index (κ3) is 3.77. The zero-order valence-electron chi connectivity index (χ0n) is 13.6. The van der Waals surface area contributed by atoms with Crippen LogP contribution >= 0.6 is 11.6 Å². The van der Waals surface area contributed by atoms with Crippen LogP contribution in [-0.4, -0.2) is 29.7 Å². The second-order valence-corrected chi connectivity index (χ2v) is 6.37. The molecule has 3 heterocycles. The van der Waals surface area contributed by atoms with Crippen LogP contribution in [0.25, 0.3) is 0 Å². The summed E-state index contributed by atoms with van der Waals surface area (Å²) in [5, 5.41) is 9.81. The number of pyridine rings is 2. The van der Waals surface area contributed by atoms with Crippen LogP contribution in [0.15, 0.2) is 30.5 Å². The molecule has 0 atom stereocenters. The molecule has 24 heavy (non-hydrogen) atoms. The van der Waals surface area contributed by atoms with Gasteiger partial charge in [-0.1, -0.05) is 11.6 Å². The van der Waals surface area contributed by atoms with Crippen molar-refractivity contribution in [3.8, 4) is 11.9 Å². The number of ether oxygens (including phenoxy) is 1. The maximum Gasteiger partial charge on any atom is 0.232 e. The van der Waals surface area contributed by atoms with Crippen molar-refractivity contribution in [1.82, 2.24) is 9.97 Å². The zero-order valence-corrected chi connectivity index (χ0v) is 14.3. The number of hydrogen-bond donors (Lipinski definition) is 0. The largest absolute Gasteiger partial charge is 0.476 e. The molecular formula is C18H19ClN4O. The number of anilines is 1. The maximum atomic E-state index is 9.27. The predicted octanol–water partition coefficient (Wildman–Crippen LogP) is 3.61. The molecule has 2 aromatic rings. The Morgan fingerprint density at radius 3 is 2.83 bits per heavy atom. The highest BCUT2D eigenvalue weighted by Gasteiger charge is 2.23. The molecule has 0 amide bonds. The molecule has 0 radical (unpaired) electrons. The van der Waals surface area contributed by atoms with Gasteiger partial charge in [0.05, 0.1) is 12.2 Å². The summed E-state index contributed by atoms with van der Waals surface area (Å²) in [6.07, 6.45) is 3.66. The lowest BCUT2D eigenvalue weighted by atomic mass is 9.97. The third-order valence-electron chi connectivity index (χ3n) is 4.23. The first-order chi connectivity index (χ1) is 11.7. The molecule has 1 saturated heterocycles. The number of rotatable bonds is 4. The quantitative estimate of drug-likeness (QED) is 0.849. The predicted molar refractivity (Wildman–Crippen MR) is 93.4 cm³/mol. The van der Waals surface area contributed by atoms with Gasteiger partial charge in [-0.25, -0.2) is 9.97 Å². The number of hydrogen-bond acceptors (Lipinski definition) is 5. The highest BCUT2D eigenvalue weighted by molar-refractivity contribution is 6.31. The fourth-order valence-corrected chi connectivity index (χ4v) is 3.03. The average Bonchev–Trinajstić information content (AvgIpc) is 2.61. The molecule has 3 rings (SSSR count). The van der Waals surface area contributed by atoms with Crippen LogP contribution < -0.4 is 9.64 Å². The first-order valence-electron chi connectivity index (χ1n) is 8.03. The maximum absolute atomic E-state index is 9.27. The minimum absolute atomic E-state index is 0.453. The second-order valence-electron chi connectivity index (χ2n) is 5.97. The standard InChI is InChI=1S/C18H19ClN4O/c1-13-4-5-15(11-20)17(22-13)23-9-6-14(7-10-23)12-24-18-16(19)3-2-8-21-18/h2-5,8,14H,6-7,9-10,12H2,1H3. The third-order valence-corrected chi connectivity index (χ3v) is 4.52. The van der Waals surface area contributed by atoms with E-state index in [2.05, 4.69) is 20.9 Å². The van der Waals surface area contributed by atoms with Crippen molar-refractivity contribution >= 4 is 17.4 Å². The topological polar surface area (TPSA) is 62.0 Å². The number of aromatic nitrogens is 2. The van der Waals surface area contributed by atoms with Gasteiger partial charge in [-0.15, -0.1) is 0 Å². The van der Waals surface area contributed by atoms with Gasteiger partial charge in [0, 0.05) is 25.0 Å². The Morgan fingerprint density at radius 1 is 1.33 bits per heavy atom. The van der Waals surface area contributed by atoms with Crippen molar-refractivity contribution in [2.45, 2.75) is 19.8 Å². The summed E-state index contributed by atoms with van der Waals surface area (Å²) in [5.41, 5.74) is 1.56. The normalized spacial score (nSPS) is 15.1. The molecule has 1 aliphatic heterocycles. The second kappa shape index (κ2) is 7.50. The van der Waals surface area contributed by atoms with E-state index in [9.17, 15) is 5.26 Å². The Balaban J connectivity index is 1.58. The van der Waals surface area contributed by atoms with E-state index in [-0.39, 0.29) is 0 Å². The number of piperidine rings is 1. The summed E-state index contributed by atoms with van der Waals surface area (Å²) >= 11 is 6.06. The lowest BCUT2D eigenvalue weighted by molar-refractivity contribution is 0.216. The SMILES string of the molecule is Cc1ccc(C#N)c(N2CCC(COc3ncccc3Cl)CC2)n1. The first kappa shape index (κ1) is 16.5. The van der Waals surface area contributed by atoms with Crippen molar-refractivity contribution in [2.75, 3.05) is 24.6 Å². The smallest absolute Gasteiger partial charge is 0.232 e. The summed E-state index contributed by atoms with van der Waals surface area (Å²) in [6, 6.07) is 9.51. The van der Waals surface area contributed by atoms with Gasteiger partial charge in [0.25, 0.3) is 0 Å². The molecule has 0 aliphatic carbocycles. The van der Waals surface area contributed by atoms with Gasteiger partial charge in [-0.2, -0.15) is 5.26 Å². The van der Waals surface area contributed by atoms with E-state index in [0.29, 0.717) is 29.0 Å². The van der Waals surface area contributed by atoms with Crippen LogP contribution in [0.5, 0.6) is 5.88 Å². The zero-order chi connectivity index (χ0) is 16.9. The Kier molecular flexibility index (Phi) is 5.17. The molecule has 0 spiro atoms. The summed E-state index contributed by atoms with van der Waals surface area (Å²) in [5.74, 6) is 1.74. The van der Waals surface area contributed by atoms with Gasteiger partial charge in [0.2, 0.25) is 5.88 Å². The van der Waals surface area contributed by atoms with Gasteiger partial charge < -0.3 is 9.64 Å². The fourth-order valence-electron chi connectivity index (χ4n) is 2.86. The van der Waals surface area contributed by atoms with Gasteiger partial charge in [0.1, 0.15) is 16.9 Å². The van der Waals surface area contributed by atoms with Crippen LogP contribution in [0, 0.1) is 24.2 Å². The first-order valence-corrected chi connectivity index (χ1v) is 8.41. The van der Waals surface area contributed by atoms with E-state index in [1.54, 1.807) is 18.3 Å². The molecule has 124 valence electrons. The van der Waals surface area contributed by atoms with Crippen molar-refractivity contribution in [3.05, 3.63) is 46.7 Å². The molecule has 5 nitrogen and oxygen atoms in total. The molecule has 0 saturated carbocycles. The van der Waals surface area contributed by atoms with Gasteiger partial charge in [0.15, 0.2) is 0 Å². The molecule has 1 fully saturated rings.